The normalized spacial score (nSPS) is 26.4. The fourth-order valence-corrected chi connectivity index (χ4v) is 2.61. The second kappa shape index (κ2) is 3.81. The number of aryl methyl sites for hydroxylation is 1. The van der Waals surface area contributed by atoms with E-state index < -0.39 is 12.1 Å². The molecule has 1 fully saturated rings. The van der Waals surface area contributed by atoms with Crippen LogP contribution in [0.4, 0.5) is 5.69 Å². The maximum Gasteiger partial charge on any atom is 0.256 e. The van der Waals surface area contributed by atoms with Gasteiger partial charge < -0.3 is 15.3 Å². The Balaban J connectivity index is 2.08. The van der Waals surface area contributed by atoms with Crippen LogP contribution in [-0.2, 0) is 4.79 Å². The van der Waals surface area contributed by atoms with Crippen LogP contribution in [0.25, 0.3) is 0 Å². The lowest BCUT2D eigenvalue weighted by Crippen LogP contribution is -2.40. The first-order valence-electron chi connectivity index (χ1n) is 5.97. The lowest BCUT2D eigenvalue weighted by Gasteiger charge is -2.19. The molecule has 2 N–H and O–H groups in total. The molecule has 2 heterocycles. The van der Waals surface area contributed by atoms with Crippen LogP contribution in [-0.4, -0.2) is 40.5 Å². The Hall–Kier alpha value is -1.88. The van der Waals surface area contributed by atoms with E-state index in [0.717, 1.165) is 5.56 Å². The van der Waals surface area contributed by atoms with Crippen LogP contribution >= 0.6 is 0 Å². The van der Waals surface area contributed by atoms with Gasteiger partial charge in [-0.05, 0) is 24.6 Å². The molecule has 0 spiro atoms. The van der Waals surface area contributed by atoms with Gasteiger partial charge in [0.2, 0.25) is 5.91 Å². The number of fused-ring (bicyclic) bond motifs is 2. The van der Waals surface area contributed by atoms with Gasteiger partial charge in [0, 0.05) is 13.0 Å². The minimum Gasteiger partial charge on any atom is -0.391 e. The number of rotatable bonds is 0. The topological polar surface area (TPSA) is 69.6 Å². The van der Waals surface area contributed by atoms with E-state index in [4.69, 9.17) is 0 Å². The zero-order valence-corrected chi connectivity index (χ0v) is 10.0. The Labute approximate surface area is 104 Å². The van der Waals surface area contributed by atoms with Gasteiger partial charge in [0.25, 0.3) is 5.91 Å². The summed E-state index contributed by atoms with van der Waals surface area (Å²) in [5, 5.41) is 12.4. The lowest BCUT2D eigenvalue weighted by atomic mass is 10.1. The van der Waals surface area contributed by atoms with Crippen molar-refractivity contribution in [2.45, 2.75) is 25.5 Å². The molecule has 2 aliphatic heterocycles. The number of hydrogen-bond donors (Lipinski definition) is 2. The fraction of sp³-hybridized carbons (Fsp3) is 0.385. The van der Waals surface area contributed by atoms with Crippen LogP contribution < -0.4 is 5.32 Å². The quantitative estimate of drug-likeness (QED) is 0.701. The predicted octanol–water partition coefficient (Wildman–Crippen LogP) is 0.523. The molecule has 18 heavy (non-hydrogen) atoms. The van der Waals surface area contributed by atoms with Gasteiger partial charge in [-0.25, -0.2) is 0 Å². The molecule has 1 saturated heterocycles. The van der Waals surface area contributed by atoms with E-state index in [1.54, 1.807) is 12.1 Å². The number of anilines is 1. The zero-order chi connectivity index (χ0) is 12.9. The number of aliphatic hydroxyl groups excluding tert-OH is 1. The minimum absolute atomic E-state index is 0.190. The maximum atomic E-state index is 12.3. The number of nitrogens with zero attached hydrogens (tertiary/aromatic N) is 1. The Morgan fingerprint density at radius 3 is 2.94 bits per heavy atom. The van der Waals surface area contributed by atoms with Crippen molar-refractivity contribution in [3.63, 3.8) is 0 Å². The van der Waals surface area contributed by atoms with E-state index in [9.17, 15) is 14.7 Å². The summed E-state index contributed by atoms with van der Waals surface area (Å²) < 4.78 is 0. The Bertz CT molecular complexity index is 541. The highest BCUT2D eigenvalue weighted by Gasteiger charge is 2.42. The third-order valence-corrected chi connectivity index (χ3v) is 3.51. The SMILES string of the molecule is Cc1ccc2c(c1)NC(=O)[C@@H]1C[C@@H](O)CN1C2=O. The minimum atomic E-state index is -0.614. The van der Waals surface area contributed by atoms with Crippen LogP contribution in [0, 0.1) is 6.92 Å². The van der Waals surface area contributed by atoms with Crippen molar-refractivity contribution in [2.24, 2.45) is 0 Å². The largest absolute Gasteiger partial charge is 0.391 e. The summed E-state index contributed by atoms with van der Waals surface area (Å²) >= 11 is 0. The average Bonchev–Trinajstić information content (AvgIpc) is 2.67. The van der Waals surface area contributed by atoms with E-state index >= 15 is 0 Å². The van der Waals surface area contributed by atoms with E-state index in [-0.39, 0.29) is 18.4 Å². The van der Waals surface area contributed by atoms with E-state index in [1.807, 2.05) is 13.0 Å². The van der Waals surface area contributed by atoms with Crippen LogP contribution in [0.1, 0.15) is 22.3 Å². The molecule has 5 heteroatoms. The molecule has 5 nitrogen and oxygen atoms in total. The Morgan fingerprint density at radius 1 is 1.39 bits per heavy atom. The molecule has 2 atom stereocenters. The highest BCUT2D eigenvalue weighted by atomic mass is 16.3. The summed E-state index contributed by atoms with van der Waals surface area (Å²) in [6.07, 6.45) is -0.304. The maximum absolute atomic E-state index is 12.3. The summed E-state index contributed by atoms with van der Waals surface area (Å²) in [5.41, 5.74) is 2.04. The molecule has 94 valence electrons. The molecular weight excluding hydrogens is 232 g/mol. The van der Waals surface area contributed by atoms with Crippen LogP contribution in [0.5, 0.6) is 0 Å². The molecule has 2 amide bonds. The van der Waals surface area contributed by atoms with Crippen molar-refractivity contribution in [3.05, 3.63) is 29.3 Å². The monoisotopic (exact) mass is 246 g/mol. The number of hydrogen-bond acceptors (Lipinski definition) is 3. The number of carbonyl (C=O) groups excluding carboxylic acids is 2. The standard InChI is InChI=1S/C13H14N2O3/c1-7-2-3-9-10(4-7)14-12(17)11-5-8(16)6-15(11)13(9)18/h2-4,8,11,16H,5-6H2,1H3,(H,14,17)/t8-,11+/m1/s1. The third-order valence-electron chi connectivity index (χ3n) is 3.51. The van der Waals surface area contributed by atoms with Crippen molar-refractivity contribution >= 4 is 17.5 Å². The van der Waals surface area contributed by atoms with E-state index in [0.29, 0.717) is 17.7 Å². The van der Waals surface area contributed by atoms with Gasteiger partial charge in [-0.3, -0.25) is 9.59 Å². The van der Waals surface area contributed by atoms with Crippen molar-refractivity contribution in [1.82, 2.24) is 4.90 Å². The van der Waals surface area contributed by atoms with Gasteiger partial charge in [0.05, 0.1) is 17.4 Å². The molecule has 0 unspecified atom stereocenters. The predicted molar refractivity (Wildman–Crippen MR) is 65.3 cm³/mol. The molecule has 0 aromatic heterocycles. The first kappa shape index (κ1) is 11.2. The van der Waals surface area contributed by atoms with Gasteiger partial charge in [-0.1, -0.05) is 6.07 Å². The molecule has 0 bridgehead atoms. The first-order chi connectivity index (χ1) is 8.56. The number of nitrogens with one attached hydrogen (secondary N) is 1. The zero-order valence-electron chi connectivity index (χ0n) is 10.0. The van der Waals surface area contributed by atoms with Gasteiger partial charge in [-0.15, -0.1) is 0 Å². The fourth-order valence-electron chi connectivity index (χ4n) is 2.61. The number of benzene rings is 1. The summed E-state index contributed by atoms with van der Waals surface area (Å²) in [4.78, 5) is 25.8. The van der Waals surface area contributed by atoms with E-state index in [1.165, 1.54) is 4.90 Å². The summed E-state index contributed by atoms with van der Waals surface area (Å²) in [5.74, 6) is -0.408. The number of amides is 2. The lowest BCUT2D eigenvalue weighted by molar-refractivity contribution is -0.119. The van der Waals surface area contributed by atoms with Crippen LogP contribution in [0.2, 0.25) is 0 Å². The molecule has 1 aromatic rings. The molecule has 3 rings (SSSR count). The molecule has 0 aliphatic carbocycles. The third kappa shape index (κ3) is 1.59. The van der Waals surface area contributed by atoms with Gasteiger partial charge in [-0.2, -0.15) is 0 Å². The van der Waals surface area contributed by atoms with Crippen LogP contribution in [0.15, 0.2) is 18.2 Å². The van der Waals surface area contributed by atoms with Crippen molar-refractivity contribution in [2.75, 3.05) is 11.9 Å². The number of aliphatic hydroxyl groups is 1. The van der Waals surface area contributed by atoms with Crippen molar-refractivity contribution in [3.8, 4) is 0 Å². The average molecular weight is 246 g/mol. The second-order valence-corrected chi connectivity index (χ2v) is 4.90. The Morgan fingerprint density at radius 2 is 2.17 bits per heavy atom. The van der Waals surface area contributed by atoms with Crippen LogP contribution in [0.3, 0.4) is 0 Å². The molecule has 0 radical (unpaired) electrons. The second-order valence-electron chi connectivity index (χ2n) is 4.90. The summed E-state index contributed by atoms with van der Waals surface area (Å²) in [6, 6.07) is 4.81. The molecule has 0 saturated carbocycles. The van der Waals surface area contributed by atoms with Gasteiger partial charge >= 0.3 is 0 Å². The van der Waals surface area contributed by atoms with Crippen molar-refractivity contribution in [1.29, 1.82) is 0 Å². The van der Waals surface area contributed by atoms with Gasteiger partial charge in [0.15, 0.2) is 0 Å². The summed E-state index contributed by atoms with van der Waals surface area (Å²) in [6.45, 7) is 2.14. The summed E-state index contributed by atoms with van der Waals surface area (Å²) in [7, 11) is 0. The molecular formula is C13H14N2O3. The highest BCUT2D eigenvalue weighted by molar-refractivity contribution is 6.10. The smallest absolute Gasteiger partial charge is 0.256 e. The molecule has 1 aromatic carbocycles. The molecule has 2 aliphatic rings. The number of carbonyl (C=O) groups is 2. The van der Waals surface area contributed by atoms with Gasteiger partial charge in [0.1, 0.15) is 6.04 Å². The highest BCUT2D eigenvalue weighted by Crippen LogP contribution is 2.29. The first-order valence-corrected chi connectivity index (χ1v) is 5.97. The van der Waals surface area contributed by atoms with E-state index in [2.05, 4.69) is 5.32 Å². The Kier molecular flexibility index (Phi) is 2.38. The van der Waals surface area contributed by atoms with Crippen molar-refractivity contribution < 1.29 is 14.7 Å².